The summed E-state index contributed by atoms with van der Waals surface area (Å²) in [6.45, 7) is 2.45. The zero-order valence-corrected chi connectivity index (χ0v) is 14.9. The van der Waals surface area contributed by atoms with Gasteiger partial charge in [-0.3, -0.25) is 4.79 Å². The Bertz CT molecular complexity index is 859. The molecule has 1 aromatic heterocycles. The number of amides is 1. The Hall–Kier alpha value is -1.50. The Morgan fingerprint density at radius 1 is 1.04 bits per heavy atom. The first-order valence-corrected chi connectivity index (χ1v) is 8.96. The van der Waals surface area contributed by atoms with E-state index in [1.165, 1.54) is 19.9 Å². The van der Waals surface area contributed by atoms with Crippen LogP contribution >= 0.6 is 22.6 Å². The quantitative estimate of drug-likeness (QED) is 0.478. The van der Waals surface area contributed by atoms with Gasteiger partial charge in [0.25, 0.3) is 0 Å². The molecule has 1 fully saturated rings. The molecule has 5 heteroatoms. The van der Waals surface area contributed by atoms with E-state index in [2.05, 4.69) is 51.4 Å². The lowest BCUT2D eigenvalue weighted by atomic mass is 9.95. The van der Waals surface area contributed by atoms with Crippen LogP contribution in [0.3, 0.4) is 0 Å². The molecule has 0 unspecified atom stereocenters. The van der Waals surface area contributed by atoms with Gasteiger partial charge in [-0.25, -0.2) is 0 Å². The highest BCUT2D eigenvalue weighted by Gasteiger charge is 2.20. The van der Waals surface area contributed by atoms with Gasteiger partial charge in [0.1, 0.15) is 7.85 Å². The van der Waals surface area contributed by atoms with Crippen LogP contribution in [-0.2, 0) is 11.3 Å². The molecule has 0 atom stereocenters. The van der Waals surface area contributed by atoms with Gasteiger partial charge in [0.15, 0.2) is 0 Å². The fourth-order valence-corrected chi connectivity index (χ4v) is 3.96. The number of aromatic nitrogens is 1. The second kappa shape index (κ2) is 5.85. The fourth-order valence-electron chi connectivity index (χ4n) is 3.49. The number of hydrogen-bond acceptors (Lipinski definition) is 1. The van der Waals surface area contributed by atoms with Gasteiger partial charge in [0.05, 0.1) is 5.52 Å². The Balaban J connectivity index is 1.82. The third kappa shape index (κ3) is 2.65. The van der Waals surface area contributed by atoms with Gasteiger partial charge < -0.3 is 9.47 Å². The van der Waals surface area contributed by atoms with Gasteiger partial charge in [-0.05, 0) is 47.2 Å². The monoisotopic (exact) mass is 414 g/mol. The first-order valence-electron chi connectivity index (χ1n) is 7.88. The molecule has 4 rings (SSSR count). The Labute approximate surface area is 150 Å². The van der Waals surface area contributed by atoms with E-state index in [1.807, 2.05) is 17.0 Å². The number of likely N-dealkylation sites (tertiary alicyclic amines) is 1. The molecule has 0 bridgehead atoms. The fraction of sp³-hybridized carbons (Fsp3) is 0.278. The number of rotatable bonds is 3. The first-order chi connectivity index (χ1) is 11.1. The van der Waals surface area contributed by atoms with E-state index >= 15 is 0 Å². The van der Waals surface area contributed by atoms with Gasteiger partial charge in [-0.2, -0.15) is 0 Å². The van der Waals surface area contributed by atoms with Gasteiger partial charge in [-0.15, -0.1) is 0 Å². The average molecular weight is 414 g/mol. The van der Waals surface area contributed by atoms with Gasteiger partial charge in [0.2, 0.25) is 5.91 Å². The number of carbonyl (C=O) groups is 1. The molecule has 1 aliphatic rings. The van der Waals surface area contributed by atoms with Gasteiger partial charge in [-0.1, -0.05) is 23.7 Å². The zero-order valence-electron chi connectivity index (χ0n) is 12.8. The molecule has 2 heterocycles. The van der Waals surface area contributed by atoms with Crippen LogP contribution in [0.5, 0.6) is 0 Å². The molecule has 0 aliphatic carbocycles. The summed E-state index contributed by atoms with van der Waals surface area (Å²) in [5.41, 5.74) is 3.13. The van der Waals surface area contributed by atoms with Crippen molar-refractivity contribution < 1.29 is 4.79 Å². The van der Waals surface area contributed by atoms with E-state index in [4.69, 9.17) is 7.85 Å². The van der Waals surface area contributed by atoms with Crippen LogP contribution in [-0.4, -0.2) is 36.3 Å². The summed E-state index contributed by atoms with van der Waals surface area (Å²) in [5, 5.41) is 2.46. The summed E-state index contributed by atoms with van der Waals surface area (Å²) in [6, 6.07) is 12.6. The van der Waals surface area contributed by atoms with E-state index in [-0.39, 0.29) is 5.91 Å². The van der Waals surface area contributed by atoms with Crippen molar-refractivity contribution in [2.75, 3.05) is 13.1 Å². The number of benzene rings is 2. The highest BCUT2D eigenvalue weighted by molar-refractivity contribution is 14.1. The lowest BCUT2D eigenvalue weighted by molar-refractivity contribution is -0.127. The molecule has 2 radical (unpaired) electrons. The smallest absolute Gasteiger partial charge is 0.222 e. The zero-order chi connectivity index (χ0) is 16.0. The van der Waals surface area contributed by atoms with Crippen molar-refractivity contribution in [1.82, 2.24) is 9.47 Å². The molecule has 0 N–H and O–H groups in total. The standard InChI is InChI=1S/C18H16BIN2O/c19-12-3-5-14-15-6-4-13(20)11-17(15)22(16(14)10-12)9-8-21-7-1-2-18(21)23/h3-6,10-11H,1-2,7-9H2. The largest absolute Gasteiger partial charge is 0.341 e. The second-order valence-electron chi connectivity index (χ2n) is 6.07. The maximum atomic E-state index is 11.9. The number of fused-ring (bicyclic) bond motifs is 3. The summed E-state index contributed by atoms with van der Waals surface area (Å²) in [5.74, 6) is 0.278. The minimum absolute atomic E-state index is 0.278. The van der Waals surface area contributed by atoms with Crippen LogP contribution in [0.15, 0.2) is 36.4 Å². The molecule has 2 aromatic carbocycles. The molecular formula is C18H16BIN2O. The van der Waals surface area contributed by atoms with Crippen LogP contribution in [0.2, 0.25) is 0 Å². The van der Waals surface area contributed by atoms with E-state index in [0.717, 1.165) is 37.0 Å². The lowest BCUT2D eigenvalue weighted by Crippen LogP contribution is -2.28. The van der Waals surface area contributed by atoms with E-state index in [9.17, 15) is 4.79 Å². The molecule has 1 aliphatic heterocycles. The van der Waals surface area contributed by atoms with Crippen molar-refractivity contribution in [3.05, 3.63) is 40.0 Å². The average Bonchev–Trinajstić information content (AvgIpc) is 3.06. The molecule has 1 amide bonds. The number of hydrogen-bond donors (Lipinski definition) is 0. The molecule has 1 saturated heterocycles. The minimum Gasteiger partial charge on any atom is -0.341 e. The Morgan fingerprint density at radius 2 is 1.78 bits per heavy atom. The minimum atomic E-state index is 0.278. The topological polar surface area (TPSA) is 25.2 Å². The van der Waals surface area contributed by atoms with Crippen LogP contribution in [0, 0.1) is 3.57 Å². The van der Waals surface area contributed by atoms with Gasteiger partial charge >= 0.3 is 0 Å². The third-order valence-corrected chi connectivity index (χ3v) is 5.29. The van der Waals surface area contributed by atoms with Gasteiger partial charge in [0, 0.05) is 45.9 Å². The lowest BCUT2D eigenvalue weighted by Gasteiger charge is -2.17. The predicted octanol–water partition coefficient (Wildman–Crippen LogP) is 2.82. The summed E-state index contributed by atoms with van der Waals surface area (Å²) < 4.78 is 3.51. The highest BCUT2D eigenvalue weighted by Crippen LogP contribution is 2.29. The summed E-state index contributed by atoms with van der Waals surface area (Å²) in [4.78, 5) is 13.8. The molecule has 3 aromatic rings. The van der Waals surface area contributed by atoms with Crippen molar-refractivity contribution >= 4 is 63.6 Å². The summed E-state index contributed by atoms with van der Waals surface area (Å²) in [6.07, 6.45) is 1.68. The van der Waals surface area contributed by atoms with Crippen LogP contribution < -0.4 is 5.46 Å². The number of nitrogens with zero attached hydrogens (tertiary/aromatic N) is 2. The Morgan fingerprint density at radius 3 is 2.52 bits per heavy atom. The second-order valence-corrected chi connectivity index (χ2v) is 7.32. The molecule has 23 heavy (non-hydrogen) atoms. The third-order valence-electron chi connectivity index (χ3n) is 4.62. The predicted molar refractivity (Wildman–Crippen MR) is 103 cm³/mol. The van der Waals surface area contributed by atoms with Crippen molar-refractivity contribution in [2.45, 2.75) is 19.4 Å². The maximum absolute atomic E-state index is 11.9. The van der Waals surface area contributed by atoms with Crippen molar-refractivity contribution in [3.8, 4) is 0 Å². The van der Waals surface area contributed by atoms with E-state index < -0.39 is 0 Å². The number of carbonyl (C=O) groups excluding carboxylic acids is 1. The van der Waals surface area contributed by atoms with E-state index in [0.29, 0.717) is 6.42 Å². The first kappa shape index (κ1) is 15.1. The summed E-state index contributed by atoms with van der Waals surface area (Å²) in [7, 11) is 6.01. The SMILES string of the molecule is [B]c1ccc2c3ccc(I)cc3n(CCN3CCCC3=O)c2c1. The molecular weight excluding hydrogens is 398 g/mol. The maximum Gasteiger partial charge on any atom is 0.222 e. The normalized spacial score (nSPS) is 15.2. The highest BCUT2D eigenvalue weighted by atomic mass is 127. The molecule has 114 valence electrons. The van der Waals surface area contributed by atoms with Crippen molar-refractivity contribution in [1.29, 1.82) is 0 Å². The van der Waals surface area contributed by atoms with Crippen molar-refractivity contribution in [2.24, 2.45) is 0 Å². The number of halogens is 1. The molecule has 3 nitrogen and oxygen atoms in total. The van der Waals surface area contributed by atoms with Crippen LogP contribution in [0.1, 0.15) is 12.8 Å². The Kier molecular flexibility index (Phi) is 3.83. The molecule has 0 saturated carbocycles. The van der Waals surface area contributed by atoms with Crippen molar-refractivity contribution in [3.63, 3.8) is 0 Å². The van der Waals surface area contributed by atoms with Crippen LogP contribution in [0.4, 0.5) is 0 Å². The van der Waals surface area contributed by atoms with Crippen LogP contribution in [0.25, 0.3) is 21.8 Å². The summed E-state index contributed by atoms with van der Waals surface area (Å²) >= 11 is 2.34. The molecule has 0 spiro atoms. The van der Waals surface area contributed by atoms with E-state index in [1.54, 1.807) is 0 Å².